The Kier molecular flexibility index (Phi) is 5.10. The van der Waals surface area contributed by atoms with Crippen LogP contribution in [0, 0.1) is 12.3 Å². The first kappa shape index (κ1) is 22.0. The fraction of sp³-hybridized carbons (Fsp3) is 0.333. The Balaban J connectivity index is 1.74. The molecule has 0 spiro atoms. The normalized spacial score (nSPS) is 12.8. The third-order valence-electron chi connectivity index (χ3n) is 6.24. The van der Waals surface area contributed by atoms with E-state index in [0.717, 1.165) is 17.6 Å². The van der Waals surface area contributed by atoms with Gasteiger partial charge in [0.1, 0.15) is 6.33 Å². The van der Waals surface area contributed by atoms with E-state index in [1.165, 1.54) is 47.8 Å². The molecule has 3 aromatic carbocycles. The van der Waals surface area contributed by atoms with Crippen LogP contribution in [0.1, 0.15) is 58.2 Å². The Labute approximate surface area is 200 Å². The van der Waals surface area contributed by atoms with Gasteiger partial charge in [0.2, 0.25) is 0 Å². The molecule has 0 atom stereocenters. The van der Waals surface area contributed by atoms with Crippen LogP contribution in [0.3, 0.4) is 0 Å². The molecule has 5 rings (SSSR count). The Morgan fingerprint density at radius 1 is 0.818 bits per heavy atom. The molecule has 2 nitrogen and oxygen atoms in total. The molecule has 2 heterocycles. The van der Waals surface area contributed by atoms with E-state index in [2.05, 4.69) is 97.0 Å². The van der Waals surface area contributed by atoms with Crippen molar-refractivity contribution in [1.82, 2.24) is 9.97 Å². The maximum absolute atomic E-state index is 4.80. The number of fused-ring (bicyclic) bond motifs is 4. The summed E-state index contributed by atoms with van der Waals surface area (Å²) in [6, 6.07) is 18.2. The second-order valence-electron chi connectivity index (χ2n) is 11.6. The first-order chi connectivity index (χ1) is 15.5. The van der Waals surface area contributed by atoms with E-state index >= 15 is 0 Å². The highest BCUT2D eigenvalue weighted by molar-refractivity contribution is 7.26. The minimum Gasteiger partial charge on any atom is -0.235 e. The van der Waals surface area contributed by atoms with E-state index in [-0.39, 0.29) is 10.8 Å². The third kappa shape index (κ3) is 4.15. The van der Waals surface area contributed by atoms with E-state index < -0.39 is 0 Å². The molecular formula is C30H32N2S. The maximum Gasteiger partial charge on any atom is 0.116 e. The fourth-order valence-corrected chi connectivity index (χ4v) is 6.01. The quantitative estimate of drug-likeness (QED) is 0.267. The standard InChI is InChI=1S/C30H32N2S/c1-18-8-10-20-14-21(15-24(23(20)12-18)30(5,6)7)26-28-27(32-17-31-26)22-11-9-19(13-25(22)33-28)16-29(2,3)4/h8-15,17H,16H2,1-7H3. The highest BCUT2D eigenvalue weighted by Gasteiger charge is 2.21. The maximum atomic E-state index is 4.80. The largest absolute Gasteiger partial charge is 0.235 e. The number of nitrogens with zero attached hydrogens (tertiary/aromatic N) is 2. The molecular weight excluding hydrogens is 420 g/mol. The van der Waals surface area contributed by atoms with E-state index in [9.17, 15) is 0 Å². The molecule has 0 fully saturated rings. The van der Waals surface area contributed by atoms with Gasteiger partial charge in [0.25, 0.3) is 0 Å². The second-order valence-corrected chi connectivity index (χ2v) is 12.6. The lowest BCUT2D eigenvalue weighted by atomic mass is 9.82. The number of hydrogen-bond acceptors (Lipinski definition) is 3. The second kappa shape index (κ2) is 7.63. The molecule has 0 radical (unpaired) electrons. The molecule has 0 aliphatic carbocycles. The Morgan fingerprint density at radius 3 is 2.33 bits per heavy atom. The number of aryl methyl sites for hydroxylation is 1. The Hall–Kier alpha value is -2.78. The third-order valence-corrected chi connectivity index (χ3v) is 7.39. The molecule has 33 heavy (non-hydrogen) atoms. The molecule has 0 aliphatic rings. The van der Waals surface area contributed by atoms with Crippen molar-refractivity contribution < 1.29 is 0 Å². The fourth-order valence-electron chi connectivity index (χ4n) is 4.78. The van der Waals surface area contributed by atoms with Crippen molar-refractivity contribution in [3.05, 3.63) is 71.5 Å². The first-order valence-corrected chi connectivity index (χ1v) is 12.5. The number of benzene rings is 3. The van der Waals surface area contributed by atoms with E-state index in [1.54, 1.807) is 6.33 Å². The number of rotatable bonds is 2. The van der Waals surface area contributed by atoms with Crippen LogP contribution >= 0.6 is 11.3 Å². The summed E-state index contributed by atoms with van der Waals surface area (Å²) in [5.41, 5.74) is 7.60. The molecule has 0 bridgehead atoms. The lowest BCUT2D eigenvalue weighted by Crippen LogP contribution is -2.12. The van der Waals surface area contributed by atoms with Crippen molar-refractivity contribution in [2.24, 2.45) is 5.41 Å². The summed E-state index contributed by atoms with van der Waals surface area (Å²) in [6.07, 6.45) is 2.79. The first-order valence-electron chi connectivity index (χ1n) is 11.7. The molecule has 0 saturated heterocycles. The molecule has 0 saturated carbocycles. The minimum atomic E-state index is 0.0379. The van der Waals surface area contributed by atoms with Crippen molar-refractivity contribution in [2.75, 3.05) is 0 Å². The summed E-state index contributed by atoms with van der Waals surface area (Å²) < 4.78 is 2.47. The number of thiophene rings is 1. The van der Waals surface area contributed by atoms with Gasteiger partial charge in [0, 0.05) is 15.6 Å². The van der Waals surface area contributed by atoms with Gasteiger partial charge in [-0.1, -0.05) is 77.4 Å². The Morgan fingerprint density at radius 2 is 1.61 bits per heavy atom. The Bertz CT molecular complexity index is 1510. The molecule has 2 aromatic heterocycles. The molecule has 0 unspecified atom stereocenters. The summed E-state index contributed by atoms with van der Waals surface area (Å²) in [5, 5.41) is 3.83. The minimum absolute atomic E-state index is 0.0379. The summed E-state index contributed by atoms with van der Waals surface area (Å²) >= 11 is 1.82. The molecule has 5 aromatic rings. The summed E-state index contributed by atoms with van der Waals surface area (Å²) in [7, 11) is 0. The molecule has 0 aliphatic heterocycles. The van der Waals surface area contributed by atoms with E-state index in [0.29, 0.717) is 0 Å². The van der Waals surface area contributed by atoms with Gasteiger partial charge in [-0.05, 0) is 64.3 Å². The molecule has 168 valence electrons. The zero-order valence-electron chi connectivity index (χ0n) is 20.7. The average molecular weight is 453 g/mol. The molecule has 3 heteroatoms. The smallest absolute Gasteiger partial charge is 0.116 e. The van der Waals surface area contributed by atoms with Gasteiger partial charge < -0.3 is 0 Å². The van der Waals surface area contributed by atoms with Crippen molar-refractivity contribution in [3.63, 3.8) is 0 Å². The molecule has 0 amide bonds. The van der Waals surface area contributed by atoms with Gasteiger partial charge >= 0.3 is 0 Å². The zero-order chi connectivity index (χ0) is 23.5. The summed E-state index contributed by atoms with van der Waals surface area (Å²) in [4.78, 5) is 9.51. The van der Waals surface area contributed by atoms with Crippen LogP contribution in [-0.2, 0) is 11.8 Å². The summed E-state index contributed by atoms with van der Waals surface area (Å²) in [6.45, 7) is 15.9. The molecule has 0 N–H and O–H groups in total. The van der Waals surface area contributed by atoms with Crippen LogP contribution in [-0.4, -0.2) is 9.97 Å². The van der Waals surface area contributed by atoms with Crippen molar-refractivity contribution >= 4 is 42.4 Å². The van der Waals surface area contributed by atoms with Crippen molar-refractivity contribution in [3.8, 4) is 11.3 Å². The van der Waals surface area contributed by atoms with Gasteiger partial charge in [-0.15, -0.1) is 11.3 Å². The zero-order valence-corrected chi connectivity index (χ0v) is 21.5. The van der Waals surface area contributed by atoms with E-state index in [4.69, 9.17) is 9.97 Å². The number of aromatic nitrogens is 2. The predicted molar refractivity (Wildman–Crippen MR) is 144 cm³/mol. The van der Waals surface area contributed by atoms with Crippen molar-refractivity contribution in [2.45, 2.75) is 60.3 Å². The van der Waals surface area contributed by atoms with Gasteiger partial charge in [0.15, 0.2) is 0 Å². The number of hydrogen-bond donors (Lipinski definition) is 0. The van der Waals surface area contributed by atoms with Gasteiger partial charge in [-0.2, -0.15) is 0 Å². The van der Waals surface area contributed by atoms with Gasteiger partial charge in [-0.25, -0.2) is 9.97 Å². The average Bonchev–Trinajstić information content (AvgIpc) is 3.08. The lowest BCUT2D eigenvalue weighted by Gasteiger charge is -2.23. The monoisotopic (exact) mass is 452 g/mol. The van der Waals surface area contributed by atoms with Crippen molar-refractivity contribution in [1.29, 1.82) is 0 Å². The van der Waals surface area contributed by atoms with Crippen LogP contribution in [0.5, 0.6) is 0 Å². The van der Waals surface area contributed by atoms with Crippen LogP contribution in [0.25, 0.3) is 42.3 Å². The van der Waals surface area contributed by atoms with Gasteiger partial charge in [0.05, 0.1) is 15.9 Å². The van der Waals surface area contributed by atoms with Gasteiger partial charge in [-0.3, -0.25) is 0 Å². The van der Waals surface area contributed by atoms with Crippen LogP contribution in [0.4, 0.5) is 0 Å². The lowest BCUT2D eigenvalue weighted by molar-refractivity contribution is 0.411. The highest BCUT2D eigenvalue weighted by atomic mass is 32.1. The topological polar surface area (TPSA) is 25.8 Å². The predicted octanol–water partition coefficient (Wildman–Crippen LogP) is 8.86. The van der Waals surface area contributed by atoms with Crippen LogP contribution in [0.2, 0.25) is 0 Å². The highest BCUT2D eigenvalue weighted by Crippen LogP contribution is 2.41. The van der Waals surface area contributed by atoms with E-state index in [1.807, 2.05) is 11.3 Å². The SMILES string of the molecule is Cc1ccc2cc(-c3ncnc4c3sc3cc(CC(C)(C)C)ccc34)cc(C(C)(C)C)c2c1. The van der Waals surface area contributed by atoms with Crippen LogP contribution in [0.15, 0.2) is 54.9 Å². The van der Waals surface area contributed by atoms with Crippen LogP contribution < -0.4 is 0 Å². The summed E-state index contributed by atoms with van der Waals surface area (Å²) in [5.74, 6) is 0.